The van der Waals surface area contributed by atoms with Gasteiger partial charge < -0.3 is 15.8 Å². The lowest BCUT2D eigenvalue weighted by atomic mass is 10.1. The van der Waals surface area contributed by atoms with Crippen LogP contribution in [0.15, 0.2) is 29.2 Å². The van der Waals surface area contributed by atoms with Crippen molar-refractivity contribution in [2.24, 2.45) is 11.7 Å². The number of nitrogens with one attached hydrogen (secondary N) is 1. The molecular weight excluding hydrogens is 292 g/mol. The SMILES string of the molecule is CC(C)[C@H](N)C(=O)NCCOc1ccc(S(C)(=O)=O)cc1. The Hall–Kier alpha value is -1.60. The van der Waals surface area contributed by atoms with E-state index in [0.29, 0.717) is 12.3 Å². The molecule has 0 heterocycles. The van der Waals surface area contributed by atoms with Crippen molar-refractivity contribution < 1.29 is 17.9 Å². The summed E-state index contributed by atoms with van der Waals surface area (Å²) in [5.41, 5.74) is 5.70. The third-order valence-electron chi connectivity index (χ3n) is 2.94. The molecule has 0 aliphatic carbocycles. The highest BCUT2D eigenvalue weighted by molar-refractivity contribution is 7.90. The fourth-order valence-corrected chi connectivity index (χ4v) is 2.18. The number of nitrogens with two attached hydrogens (primary N) is 1. The van der Waals surface area contributed by atoms with Crippen LogP contribution in [0.4, 0.5) is 0 Å². The first-order valence-corrected chi connectivity index (χ1v) is 8.57. The van der Waals surface area contributed by atoms with Gasteiger partial charge in [-0.25, -0.2) is 8.42 Å². The van der Waals surface area contributed by atoms with E-state index in [2.05, 4.69) is 5.32 Å². The van der Waals surface area contributed by atoms with E-state index >= 15 is 0 Å². The van der Waals surface area contributed by atoms with Gasteiger partial charge in [0.25, 0.3) is 0 Å². The highest BCUT2D eigenvalue weighted by Crippen LogP contribution is 2.15. The highest BCUT2D eigenvalue weighted by atomic mass is 32.2. The van der Waals surface area contributed by atoms with Crippen LogP contribution in [0.5, 0.6) is 5.75 Å². The lowest BCUT2D eigenvalue weighted by Crippen LogP contribution is -2.45. The Morgan fingerprint density at radius 3 is 2.33 bits per heavy atom. The molecule has 118 valence electrons. The third-order valence-corrected chi connectivity index (χ3v) is 4.07. The van der Waals surface area contributed by atoms with Gasteiger partial charge in [-0.2, -0.15) is 0 Å². The van der Waals surface area contributed by atoms with Gasteiger partial charge in [0.15, 0.2) is 9.84 Å². The smallest absolute Gasteiger partial charge is 0.237 e. The van der Waals surface area contributed by atoms with Crippen LogP contribution in [-0.2, 0) is 14.6 Å². The number of ether oxygens (including phenoxy) is 1. The molecule has 3 N–H and O–H groups in total. The van der Waals surface area contributed by atoms with Crippen LogP contribution in [0, 0.1) is 5.92 Å². The fourth-order valence-electron chi connectivity index (χ4n) is 1.55. The number of carbonyl (C=O) groups excluding carboxylic acids is 1. The maximum Gasteiger partial charge on any atom is 0.237 e. The van der Waals surface area contributed by atoms with Gasteiger partial charge in [0.2, 0.25) is 5.91 Å². The zero-order valence-electron chi connectivity index (χ0n) is 12.5. The number of sulfone groups is 1. The van der Waals surface area contributed by atoms with Crippen LogP contribution < -0.4 is 15.8 Å². The van der Waals surface area contributed by atoms with Crippen molar-refractivity contribution in [1.82, 2.24) is 5.32 Å². The van der Waals surface area contributed by atoms with E-state index in [0.717, 1.165) is 6.26 Å². The standard InChI is InChI=1S/C14H22N2O4S/c1-10(2)13(15)14(17)16-8-9-20-11-4-6-12(7-5-11)21(3,18)19/h4-7,10,13H,8-9,15H2,1-3H3,(H,16,17)/t13-/m0/s1. The summed E-state index contributed by atoms with van der Waals surface area (Å²) in [6.07, 6.45) is 1.15. The summed E-state index contributed by atoms with van der Waals surface area (Å²) < 4.78 is 28.0. The average molecular weight is 314 g/mol. The number of hydrogen-bond donors (Lipinski definition) is 2. The quantitative estimate of drug-likeness (QED) is 0.717. The second-order valence-corrected chi connectivity index (χ2v) is 7.17. The van der Waals surface area contributed by atoms with E-state index in [-0.39, 0.29) is 23.3 Å². The zero-order chi connectivity index (χ0) is 16.0. The molecule has 6 nitrogen and oxygen atoms in total. The van der Waals surface area contributed by atoms with Crippen LogP contribution in [0.3, 0.4) is 0 Å². The van der Waals surface area contributed by atoms with Crippen LogP contribution in [0.2, 0.25) is 0 Å². The first kappa shape index (κ1) is 17.5. The number of benzene rings is 1. The molecule has 1 rings (SSSR count). The van der Waals surface area contributed by atoms with Gasteiger partial charge in [0.05, 0.1) is 17.5 Å². The van der Waals surface area contributed by atoms with Crippen molar-refractivity contribution in [2.45, 2.75) is 24.8 Å². The van der Waals surface area contributed by atoms with Gasteiger partial charge in [-0.1, -0.05) is 13.8 Å². The number of carbonyl (C=O) groups is 1. The molecule has 0 aliphatic rings. The molecule has 7 heteroatoms. The molecule has 1 atom stereocenters. The Bertz CT molecular complexity index is 567. The molecule has 1 aromatic rings. The number of rotatable bonds is 7. The molecule has 0 spiro atoms. The Morgan fingerprint density at radius 2 is 1.86 bits per heavy atom. The molecule has 0 fully saturated rings. The summed E-state index contributed by atoms with van der Waals surface area (Å²) in [7, 11) is -3.20. The van der Waals surface area contributed by atoms with Crippen molar-refractivity contribution in [3.63, 3.8) is 0 Å². The Labute approximate surface area is 125 Å². The van der Waals surface area contributed by atoms with Gasteiger partial charge >= 0.3 is 0 Å². The fraction of sp³-hybridized carbons (Fsp3) is 0.500. The number of amides is 1. The minimum absolute atomic E-state index is 0.0782. The largest absolute Gasteiger partial charge is 0.492 e. The van der Waals surface area contributed by atoms with E-state index in [9.17, 15) is 13.2 Å². The average Bonchev–Trinajstić information content (AvgIpc) is 2.42. The second-order valence-electron chi connectivity index (χ2n) is 5.15. The topological polar surface area (TPSA) is 98.5 Å². The Balaban J connectivity index is 2.38. The highest BCUT2D eigenvalue weighted by Gasteiger charge is 2.16. The molecule has 1 aromatic carbocycles. The maximum absolute atomic E-state index is 11.6. The first-order chi connectivity index (χ1) is 9.71. The summed E-state index contributed by atoms with van der Waals surface area (Å²) in [5.74, 6) is 0.417. The van der Waals surface area contributed by atoms with E-state index in [1.807, 2.05) is 13.8 Å². The summed E-state index contributed by atoms with van der Waals surface area (Å²) in [5, 5.41) is 2.68. The maximum atomic E-state index is 11.6. The van der Waals surface area contributed by atoms with Gasteiger partial charge in [-0.3, -0.25) is 4.79 Å². The van der Waals surface area contributed by atoms with Gasteiger partial charge in [-0.15, -0.1) is 0 Å². The first-order valence-electron chi connectivity index (χ1n) is 6.68. The van der Waals surface area contributed by atoms with Crippen molar-refractivity contribution >= 4 is 15.7 Å². The van der Waals surface area contributed by atoms with E-state index < -0.39 is 15.9 Å². The second kappa shape index (κ2) is 7.42. The Morgan fingerprint density at radius 1 is 1.29 bits per heavy atom. The molecule has 0 saturated carbocycles. The van der Waals surface area contributed by atoms with Crippen LogP contribution in [0.1, 0.15) is 13.8 Å². The lowest BCUT2D eigenvalue weighted by molar-refractivity contribution is -0.123. The van der Waals surface area contributed by atoms with Crippen molar-refractivity contribution in [3.05, 3.63) is 24.3 Å². The molecule has 0 aliphatic heterocycles. The lowest BCUT2D eigenvalue weighted by Gasteiger charge is -2.15. The summed E-state index contributed by atoms with van der Waals surface area (Å²) in [4.78, 5) is 11.8. The molecule has 0 unspecified atom stereocenters. The van der Waals surface area contributed by atoms with E-state index in [4.69, 9.17) is 10.5 Å². The molecule has 21 heavy (non-hydrogen) atoms. The van der Waals surface area contributed by atoms with Crippen molar-refractivity contribution in [1.29, 1.82) is 0 Å². The summed E-state index contributed by atoms with van der Waals surface area (Å²) in [6.45, 7) is 4.38. The minimum atomic E-state index is -3.20. The van der Waals surface area contributed by atoms with E-state index in [1.54, 1.807) is 12.1 Å². The predicted octanol–water partition coefficient (Wildman–Crippen LogP) is 0.568. The van der Waals surface area contributed by atoms with Crippen LogP contribution in [0.25, 0.3) is 0 Å². The predicted molar refractivity (Wildman–Crippen MR) is 80.9 cm³/mol. The zero-order valence-corrected chi connectivity index (χ0v) is 13.3. The monoisotopic (exact) mass is 314 g/mol. The van der Waals surface area contributed by atoms with Gasteiger partial charge in [0.1, 0.15) is 12.4 Å². The molecule has 0 bridgehead atoms. The van der Waals surface area contributed by atoms with Gasteiger partial charge in [-0.05, 0) is 30.2 Å². The molecule has 0 radical (unpaired) electrons. The van der Waals surface area contributed by atoms with E-state index in [1.165, 1.54) is 12.1 Å². The van der Waals surface area contributed by atoms with Crippen molar-refractivity contribution in [3.8, 4) is 5.75 Å². The van der Waals surface area contributed by atoms with Crippen LogP contribution in [-0.4, -0.2) is 39.8 Å². The van der Waals surface area contributed by atoms with Crippen molar-refractivity contribution in [2.75, 3.05) is 19.4 Å². The molecule has 0 aromatic heterocycles. The Kier molecular flexibility index (Phi) is 6.17. The molecule has 0 saturated heterocycles. The third kappa shape index (κ3) is 5.73. The number of hydrogen-bond acceptors (Lipinski definition) is 5. The normalized spacial score (nSPS) is 13.0. The molecular formula is C14H22N2O4S. The van der Waals surface area contributed by atoms with Gasteiger partial charge in [0, 0.05) is 6.26 Å². The summed E-state index contributed by atoms with van der Waals surface area (Å²) in [6, 6.07) is 5.60. The summed E-state index contributed by atoms with van der Waals surface area (Å²) >= 11 is 0. The molecule has 1 amide bonds. The van der Waals surface area contributed by atoms with Crippen LogP contribution >= 0.6 is 0 Å². The minimum Gasteiger partial charge on any atom is -0.492 e.